The first-order valence-corrected chi connectivity index (χ1v) is 12.9. The third kappa shape index (κ3) is 6.26. The average Bonchev–Trinajstić information content (AvgIpc) is 2.88. The number of rotatable bonds is 9. The minimum absolute atomic E-state index is 0.0454. The highest BCUT2D eigenvalue weighted by atomic mass is 32.2. The van der Waals surface area contributed by atoms with E-state index in [0.717, 1.165) is 11.1 Å². The molecule has 0 aliphatic carbocycles. The number of hydrogen-bond acceptors (Lipinski definition) is 6. The van der Waals surface area contributed by atoms with Crippen LogP contribution >= 0.6 is 0 Å². The Morgan fingerprint density at radius 3 is 2.26 bits per heavy atom. The molecule has 0 spiro atoms. The van der Waals surface area contributed by atoms with Crippen LogP contribution in [-0.4, -0.2) is 74.0 Å². The Bertz CT molecular complexity index is 1240. The van der Waals surface area contributed by atoms with Gasteiger partial charge in [0.1, 0.15) is 24.3 Å². The summed E-state index contributed by atoms with van der Waals surface area (Å²) in [5.41, 5.74) is 8.07. The van der Waals surface area contributed by atoms with E-state index in [4.69, 9.17) is 15.9 Å². The van der Waals surface area contributed by atoms with E-state index in [9.17, 15) is 13.5 Å². The van der Waals surface area contributed by atoms with Crippen molar-refractivity contribution in [3.05, 3.63) is 84.4 Å². The normalized spacial score (nSPS) is 16.0. The Morgan fingerprint density at radius 1 is 0.943 bits per heavy atom. The van der Waals surface area contributed by atoms with Crippen LogP contribution in [0.2, 0.25) is 0 Å². The van der Waals surface area contributed by atoms with Crippen LogP contribution in [-0.2, 0) is 10.0 Å². The molecule has 1 aliphatic rings. The lowest BCUT2D eigenvalue weighted by molar-refractivity contribution is 0.0569. The second-order valence-corrected chi connectivity index (χ2v) is 10.4. The number of aliphatic hydroxyl groups excluding tert-OH is 1. The summed E-state index contributed by atoms with van der Waals surface area (Å²) < 4.78 is 33.4. The van der Waals surface area contributed by atoms with Crippen LogP contribution in [0.1, 0.15) is 5.56 Å². The standard InChI is InChI=1S/C26H30N4O4S/c27-26(28)22-7-4-8-24(17-22)34-19-23(31)18-29-13-15-30(16-14-29)35(32,33)25-11-9-21(10-12-25)20-5-2-1-3-6-20/h1-12,17,23,31H,13-16,18-19H2,(H3,27,28). The van der Waals surface area contributed by atoms with Crippen molar-refractivity contribution in [1.29, 1.82) is 5.41 Å². The highest BCUT2D eigenvalue weighted by molar-refractivity contribution is 7.89. The van der Waals surface area contributed by atoms with E-state index in [2.05, 4.69) is 0 Å². The van der Waals surface area contributed by atoms with Gasteiger partial charge in [0.15, 0.2) is 0 Å². The molecule has 9 heteroatoms. The van der Waals surface area contributed by atoms with Crippen molar-refractivity contribution in [2.45, 2.75) is 11.0 Å². The predicted octanol–water partition coefficient (Wildman–Crippen LogP) is 2.38. The van der Waals surface area contributed by atoms with Crippen LogP contribution in [0.5, 0.6) is 5.75 Å². The van der Waals surface area contributed by atoms with Crippen LogP contribution in [0, 0.1) is 5.41 Å². The third-order valence-electron chi connectivity index (χ3n) is 5.99. The summed E-state index contributed by atoms with van der Waals surface area (Å²) >= 11 is 0. The zero-order chi connectivity index (χ0) is 24.8. The van der Waals surface area contributed by atoms with E-state index in [1.807, 2.05) is 47.4 Å². The molecule has 3 aromatic carbocycles. The van der Waals surface area contributed by atoms with Gasteiger partial charge in [-0.2, -0.15) is 4.31 Å². The van der Waals surface area contributed by atoms with E-state index in [-0.39, 0.29) is 17.3 Å². The summed E-state index contributed by atoms with van der Waals surface area (Å²) in [6, 6.07) is 23.7. The quantitative estimate of drug-likeness (QED) is 0.310. The summed E-state index contributed by atoms with van der Waals surface area (Å²) in [5.74, 6) is 0.488. The SMILES string of the molecule is N=C(N)c1cccc(OCC(O)CN2CCN(S(=O)(=O)c3ccc(-c4ccccc4)cc3)CC2)c1. The molecule has 0 aromatic heterocycles. The van der Waals surface area contributed by atoms with Gasteiger partial charge in [-0.25, -0.2) is 8.42 Å². The van der Waals surface area contributed by atoms with Gasteiger partial charge in [-0.3, -0.25) is 10.3 Å². The van der Waals surface area contributed by atoms with Crippen molar-refractivity contribution in [3.63, 3.8) is 0 Å². The monoisotopic (exact) mass is 494 g/mol. The van der Waals surface area contributed by atoms with E-state index in [0.29, 0.717) is 44.0 Å². The molecule has 1 fully saturated rings. The Balaban J connectivity index is 1.27. The largest absolute Gasteiger partial charge is 0.491 e. The maximum Gasteiger partial charge on any atom is 0.243 e. The molecular weight excluding hydrogens is 464 g/mol. The number of nitrogens with zero attached hydrogens (tertiary/aromatic N) is 2. The minimum Gasteiger partial charge on any atom is -0.491 e. The molecule has 1 aliphatic heterocycles. The van der Waals surface area contributed by atoms with Gasteiger partial charge in [-0.05, 0) is 35.4 Å². The topological polar surface area (TPSA) is 120 Å². The predicted molar refractivity (Wildman–Crippen MR) is 136 cm³/mol. The lowest BCUT2D eigenvalue weighted by Crippen LogP contribution is -2.50. The Hall–Kier alpha value is -3.24. The zero-order valence-corrected chi connectivity index (χ0v) is 20.2. The Morgan fingerprint density at radius 2 is 1.60 bits per heavy atom. The average molecular weight is 495 g/mol. The van der Waals surface area contributed by atoms with Crippen molar-refractivity contribution in [2.24, 2.45) is 5.73 Å². The van der Waals surface area contributed by atoms with Crippen molar-refractivity contribution in [3.8, 4) is 16.9 Å². The van der Waals surface area contributed by atoms with E-state index in [1.54, 1.807) is 36.4 Å². The number of hydrogen-bond donors (Lipinski definition) is 3. The van der Waals surface area contributed by atoms with Crippen LogP contribution in [0.3, 0.4) is 0 Å². The third-order valence-corrected chi connectivity index (χ3v) is 7.90. The van der Waals surface area contributed by atoms with Gasteiger partial charge >= 0.3 is 0 Å². The number of nitrogen functional groups attached to an aromatic ring is 1. The van der Waals surface area contributed by atoms with Crippen LogP contribution < -0.4 is 10.5 Å². The molecule has 8 nitrogen and oxygen atoms in total. The zero-order valence-electron chi connectivity index (χ0n) is 19.4. The van der Waals surface area contributed by atoms with Crippen molar-refractivity contribution < 1.29 is 18.3 Å². The number of nitrogens with two attached hydrogens (primary N) is 1. The Labute approximate surface area is 206 Å². The molecule has 4 N–H and O–H groups in total. The lowest BCUT2D eigenvalue weighted by atomic mass is 10.1. The summed E-state index contributed by atoms with van der Waals surface area (Å²) in [4.78, 5) is 2.32. The highest BCUT2D eigenvalue weighted by Crippen LogP contribution is 2.23. The second kappa shape index (κ2) is 11.0. The molecule has 3 aromatic rings. The van der Waals surface area contributed by atoms with Crippen molar-refractivity contribution in [1.82, 2.24) is 9.21 Å². The molecule has 0 amide bonds. The molecule has 184 valence electrons. The number of sulfonamides is 1. The second-order valence-electron chi connectivity index (χ2n) is 8.50. The molecule has 1 atom stereocenters. The first-order chi connectivity index (χ1) is 16.8. The fourth-order valence-electron chi connectivity index (χ4n) is 4.05. The van der Waals surface area contributed by atoms with Crippen molar-refractivity contribution in [2.75, 3.05) is 39.3 Å². The number of amidine groups is 1. The fourth-order valence-corrected chi connectivity index (χ4v) is 5.47. The molecule has 1 unspecified atom stereocenters. The minimum atomic E-state index is -3.58. The lowest BCUT2D eigenvalue weighted by Gasteiger charge is -2.34. The molecule has 0 saturated carbocycles. The molecule has 1 heterocycles. The van der Waals surface area contributed by atoms with Crippen LogP contribution in [0.15, 0.2) is 83.8 Å². The highest BCUT2D eigenvalue weighted by Gasteiger charge is 2.29. The number of ether oxygens (including phenoxy) is 1. The van der Waals surface area contributed by atoms with Crippen LogP contribution in [0.4, 0.5) is 0 Å². The van der Waals surface area contributed by atoms with Gasteiger partial charge in [0.05, 0.1) is 4.90 Å². The summed E-state index contributed by atoms with van der Waals surface area (Å²) in [6.07, 6.45) is -0.732. The van der Waals surface area contributed by atoms with Crippen LogP contribution in [0.25, 0.3) is 11.1 Å². The van der Waals surface area contributed by atoms with Gasteiger partial charge in [-0.15, -0.1) is 0 Å². The molecule has 1 saturated heterocycles. The fraction of sp³-hybridized carbons (Fsp3) is 0.269. The molecule has 35 heavy (non-hydrogen) atoms. The summed E-state index contributed by atoms with van der Waals surface area (Å²) in [7, 11) is -3.58. The van der Waals surface area contributed by atoms with E-state index < -0.39 is 16.1 Å². The Kier molecular flexibility index (Phi) is 7.82. The molecular formula is C26H30N4O4S. The van der Waals surface area contributed by atoms with Gasteiger partial charge in [0.25, 0.3) is 0 Å². The molecule has 0 bridgehead atoms. The number of nitrogens with one attached hydrogen (secondary N) is 1. The number of benzene rings is 3. The first-order valence-electron chi connectivity index (χ1n) is 11.5. The summed E-state index contributed by atoms with van der Waals surface area (Å²) in [5, 5.41) is 17.9. The van der Waals surface area contributed by atoms with Crippen molar-refractivity contribution >= 4 is 15.9 Å². The van der Waals surface area contributed by atoms with E-state index >= 15 is 0 Å². The van der Waals surface area contributed by atoms with Gasteiger partial charge in [-0.1, -0.05) is 54.6 Å². The maximum absolute atomic E-state index is 13.1. The van der Waals surface area contributed by atoms with Gasteiger partial charge in [0, 0.05) is 38.3 Å². The number of piperazine rings is 1. The van der Waals surface area contributed by atoms with Gasteiger partial charge < -0.3 is 15.6 Å². The number of aliphatic hydroxyl groups is 1. The van der Waals surface area contributed by atoms with Gasteiger partial charge in [0.2, 0.25) is 10.0 Å². The smallest absolute Gasteiger partial charge is 0.243 e. The first kappa shape index (κ1) is 24.9. The molecule has 4 rings (SSSR count). The number of β-amino-alcohol motifs (C(OH)–C–C–N with tert-alkyl or cyclic N) is 1. The van der Waals surface area contributed by atoms with E-state index in [1.165, 1.54) is 4.31 Å². The maximum atomic E-state index is 13.1. The molecule has 0 radical (unpaired) electrons. The summed E-state index contributed by atoms with van der Waals surface area (Å²) in [6.45, 7) is 2.24.